The molecule has 634 valence electrons. The summed E-state index contributed by atoms with van der Waals surface area (Å²) < 4.78 is 0. The number of aromatic carboxylic acids is 6. The second-order valence-electron chi connectivity index (χ2n) is 27.8. The van der Waals surface area contributed by atoms with Crippen molar-refractivity contribution in [2.24, 2.45) is 0 Å². The van der Waals surface area contributed by atoms with Gasteiger partial charge >= 0.3 is 35.8 Å². The van der Waals surface area contributed by atoms with Gasteiger partial charge in [0.1, 0.15) is 0 Å². The zero-order chi connectivity index (χ0) is 91.3. The zero-order valence-electron chi connectivity index (χ0n) is 68.3. The van der Waals surface area contributed by atoms with Crippen LogP contribution in [0.25, 0.3) is 0 Å². The number of aryl methyl sites for hydroxylation is 6. The third-order valence-electron chi connectivity index (χ3n) is 18.7. The molecule has 0 spiro atoms. The summed E-state index contributed by atoms with van der Waals surface area (Å²) in [6.45, 7) is 11.6. The van der Waals surface area contributed by atoms with E-state index in [2.05, 4.69) is 42.5 Å². The fourth-order valence-corrected chi connectivity index (χ4v) is 11.7. The predicted octanol–water partition coefficient (Wildman–Crippen LogP) is 18.5. The number of hydrogen-bond acceptors (Lipinski definition) is 14. The third-order valence-corrected chi connectivity index (χ3v) is 18.7. The number of carboxylic acids is 6. The minimum Gasteiger partial charge on any atom is -0.478 e. The van der Waals surface area contributed by atoms with Crippen molar-refractivity contribution in [1.29, 1.82) is 0 Å². The molecule has 28 heteroatoms. The zero-order valence-corrected chi connectivity index (χ0v) is 68.3. The van der Waals surface area contributed by atoms with Gasteiger partial charge in [-0.05, 0) is 263 Å². The van der Waals surface area contributed by atoms with Crippen molar-refractivity contribution in [3.8, 4) is 0 Å². The molecule has 0 radical (unpaired) electrons. The molecule has 0 heterocycles. The SMILES string of the molecule is Cc1ccc(C(=O)Nc2ccc(C(=O)O)cc2)cc1C.Cc1ccc(C)c(NC(=O)c2ccccc2C(=O)O)c1.Cc1ccc(NC(=O)c2cccc(NC(=O)c3ccccc3C(=O)O)c2)cc1.Cc1ccccc1NC(=O)c1cccc(NC(=O)c2ccccc2C(=O)O)c1.O=C(O)c1ccc(NC(=O)c2ccccc2C(=O)Nc2ccc(C(=O)O)cc2)cc1. The van der Waals surface area contributed by atoms with Crippen molar-refractivity contribution in [2.45, 2.75) is 41.5 Å². The van der Waals surface area contributed by atoms with E-state index in [1.165, 1.54) is 121 Å². The molecular weight excluding hydrogens is 1610 g/mol. The first-order valence-corrected chi connectivity index (χ1v) is 38.2. The summed E-state index contributed by atoms with van der Waals surface area (Å²) in [4.78, 5) is 166. The van der Waals surface area contributed by atoms with E-state index in [4.69, 9.17) is 20.4 Å². The highest BCUT2D eigenvalue weighted by molar-refractivity contribution is 6.17. The number of benzene rings is 13. The number of rotatable bonds is 22. The first-order valence-electron chi connectivity index (χ1n) is 38.2. The maximum Gasteiger partial charge on any atom is 0.336 e. The Kier molecular flexibility index (Phi) is 32.2. The van der Waals surface area contributed by atoms with Gasteiger partial charge in [-0.15, -0.1) is 0 Å². The van der Waals surface area contributed by atoms with Gasteiger partial charge in [0.25, 0.3) is 47.3 Å². The summed E-state index contributed by atoms with van der Waals surface area (Å²) in [6.07, 6.45) is 0. The lowest BCUT2D eigenvalue weighted by atomic mass is 10.1. The normalized spacial score (nSPS) is 10.1. The quantitative estimate of drug-likeness (QED) is 0.0300. The van der Waals surface area contributed by atoms with Crippen LogP contribution in [-0.2, 0) is 0 Å². The van der Waals surface area contributed by atoms with Crippen molar-refractivity contribution < 1.29 is 97.8 Å². The van der Waals surface area contributed by atoms with Crippen LogP contribution in [0.1, 0.15) is 178 Å². The summed E-state index contributed by atoms with van der Waals surface area (Å²) in [5.74, 6) is -10.1. The number of para-hydroxylation sites is 1. The van der Waals surface area contributed by atoms with Gasteiger partial charge in [0.2, 0.25) is 0 Å². The van der Waals surface area contributed by atoms with E-state index >= 15 is 0 Å². The number of carbonyl (C=O) groups excluding carboxylic acids is 8. The maximum atomic E-state index is 12.7. The highest BCUT2D eigenvalue weighted by Gasteiger charge is 2.23. The summed E-state index contributed by atoms with van der Waals surface area (Å²) in [5, 5.41) is 75.9. The molecule has 0 atom stereocenters. The van der Waals surface area contributed by atoms with Gasteiger partial charge in [0, 0.05) is 62.2 Å². The lowest BCUT2D eigenvalue weighted by molar-refractivity contribution is 0.0683. The monoisotopic (exact) mass is 1690 g/mol. The van der Waals surface area contributed by atoms with E-state index in [9.17, 15) is 77.3 Å². The molecule has 0 saturated heterocycles. The van der Waals surface area contributed by atoms with Gasteiger partial charge in [-0.3, -0.25) is 38.4 Å². The average Bonchev–Trinajstić information content (AvgIpc) is 0.835. The Morgan fingerprint density at radius 1 is 0.175 bits per heavy atom. The Hall–Kier alpha value is -17.6. The molecule has 0 aliphatic heterocycles. The number of nitrogens with one attached hydrogen (secondary N) is 8. The van der Waals surface area contributed by atoms with E-state index in [-0.39, 0.29) is 78.9 Å². The van der Waals surface area contributed by atoms with Gasteiger partial charge in [-0.25, -0.2) is 28.8 Å². The number of carbonyl (C=O) groups is 14. The van der Waals surface area contributed by atoms with Gasteiger partial charge in [0.15, 0.2) is 0 Å². The van der Waals surface area contributed by atoms with Crippen LogP contribution in [0.15, 0.2) is 303 Å². The molecule has 8 amide bonds. The second kappa shape index (κ2) is 43.9. The lowest BCUT2D eigenvalue weighted by Crippen LogP contribution is -2.20. The van der Waals surface area contributed by atoms with Crippen LogP contribution in [0.2, 0.25) is 0 Å². The van der Waals surface area contributed by atoms with Crippen LogP contribution in [0, 0.1) is 41.5 Å². The van der Waals surface area contributed by atoms with Crippen molar-refractivity contribution in [3.05, 3.63) is 415 Å². The highest BCUT2D eigenvalue weighted by atomic mass is 16.4. The van der Waals surface area contributed by atoms with Crippen LogP contribution in [0.4, 0.5) is 45.5 Å². The maximum absolute atomic E-state index is 12.7. The van der Waals surface area contributed by atoms with E-state index in [0.717, 1.165) is 33.4 Å². The van der Waals surface area contributed by atoms with Crippen molar-refractivity contribution in [3.63, 3.8) is 0 Å². The lowest BCUT2D eigenvalue weighted by Gasteiger charge is -2.11. The van der Waals surface area contributed by atoms with Crippen LogP contribution in [-0.4, -0.2) is 114 Å². The first kappa shape index (κ1) is 92.3. The van der Waals surface area contributed by atoms with Gasteiger partial charge in [-0.2, -0.15) is 0 Å². The Bertz CT molecular complexity index is 6220. The number of anilines is 8. The van der Waals surface area contributed by atoms with Crippen LogP contribution >= 0.6 is 0 Å². The third kappa shape index (κ3) is 26.5. The number of carboxylic acid groups (broad SMARTS) is 6. The van der Waals surface area contributed by atoms with Crippen LogP contribution < -0.4 is 42.5 Å². The van der Waals surface area contributed by atoms with E-state index in [0.29, 0.717) is 62.2 Å². The molecule has 0 aliphatic carbocycles. The second-order valence-corrected chi connectivity index (χ2v) is 27.8. The number of hydrogen-bond donors (Lipinski definition) is 14. The standard InChI is InChI=1S/C22H16N2O6.2C22H18N2O4.2C16H15NO3/c25-19(23-15-9-5-13(6-10-15)21(27)28)17-3-1-2-4-18(17)20(26)24-16-11-7-14(8-12-16)22(29)30;1-14-7-2-5-12-19(14)24-20(25)15-8-6-9-16(13-15)23-21(26)17-10-3-4-11-18(17)22(27)28;1-14-9-11-16(12-10-14)23-20(25)15-5-4-6-17(13-15)24-21(26)18-7-2-3-8-19(18)22(27)28;1-10-3-4-13(9-11(10)2)15(18)17-14-7-5-12(6-8-14)16(19)20;1-10-7-8-11(2)14(9-10)17-15(18)12-5-3-4-6-13(12)16(19)20/h1-12H,(H,23,25)(H,24,26)(H,27,28)(H,29,30);2-13H,1H3,(H,23,26)(H,24,25)(H,27,28);2-13H,1H3,(H,23,25)(H,24,26)(H,27,28);2*3-9H,1-2H3,(H,17,18)(H,19,20). The fourth-order valence-electron chi connectivity index (χ4n) is 11.7. The average molecular weight is 1690 g/mol. The largest absolute Gasteiger partial charge is 0.478 e. The Labute approximate surface area is 721 Å². The molecule has 0 aromatic heterocycles. The molecule has 13 aromatic carbocycles. The molecule has 0 saturated carbocycles. The van der Waals surface area contributed by atoms with E-state index < -0.39 is 65.4 Å². The molecule has 28 nitrogen and oxygen atoms in total. The molecule has 13 rings (SSSR count). The Balaban J connectivity index is 0.000000180. The molecular formula is C98H82N8O20. The molecule has 13 aromatic rings. The van der Waals surface area contributed by atoms with Gasteiger partial charge in [-0.1, -0.05) is 115 Å². The summed E-state index contributed by atoms with van der Waals surface area (Å²) >= 11 is 0. The van der Waals surface area contributed by atoms with Gasteiger partial charge < -0.3 is 73.2 Å². The highest BCUT2D eigenvalue weighted by Crippen LogP contribution is 2.25. The fraction of sp³-hybridized carbons (Fsp3) is 0.0612. The minimum absolute atomic E-state index is 0.00435. The van der Waals surface area contributed by atoms with Crippen LogP contribution in [0.3, 0.4) is 0 Å². The number of amides is 8. The van der Waals surface area contributed by atoms with Crippen molar-refractivity contribution in [2.75, 3.05) is 42.5 Å². The topological polar surface area (TPSA) is 457 Å². The van der Waals surface area contributed by atoms with Gasteiger partial charge in [0.05, 0.1) is 61.2 Å². The molecule has 126 heavy (non-hydrogen) atoms. The molecule has 14 N–H and O–H groups in total. The summed E-state index contributed by atoms with van der Waals surface area (Å²) in [5.41, 5.74) is 12.3. The predicted molar refractivity (Wildman–Crippen MR) is 478 cm³/mol. The summed E-state index contributed by atoms with van der Waals surface area (Å²) in [6, 6.07) is 80.5. The van der Waals surface area contributed by atoms with E-state index in [1.807, 2.05) is 120 Å². The van der Waals surface area contributed by atoms with Crippen molar-refractivity contribution >= 4 is 129 Å². The Morgan fingerprint density at radius 2 is 0.437 bits per heavy atom. The molecule has 0 bridgehead atoms. The van der Waals surface area contributed by atoms with E-state index in [1.54, 1.807) is 103 Å². The smallest absolute Gasteiger partial charge is 0.336 e. The molecule has 0 fully saturated rings. The molecule has 0 aliphatic rings. The van der Waals surface area contributed by atoms with Crippen LogP contribution in [0.5, 0.6) is 0 Å². The Morgan fingerprint density at radius 3 is 0.786 bits per heavy atom. The summed E-state index contributed by atoms with van der Waals surface area (Å²) in [7, 11) is 0. The molecule has 0 unspecified atom stereocenters. The van der Waals surface area contributed by atoms with Crippen molar-refractivity contribution in [1.82, 2.24) is 0 Å². The minimum atomic E-state index is -1.18. The first-order chi connectivity index (χ1) is 60.2.